The van der Waals surface area contributed by atoms with Crippen LogP contribution in [-0.2, 0) is 28.6 Å². The van der Waals surface area contributed by atoms with Crippen LogP contribution in [0.15, 0.2) is 85.1 Å². The van der Waals surface area contributed by atoms with Gasteiger partial charge in [0.25, 0.3) is 0 Å². The fourth-order valence-corrected chi connectivity index (χ4v) is 6.11. The maximum Gasteiger partial charge on any atom is 0.306 e. The first-order valence-corrected chi connectivity index (χ1v) is 23.6. The van der Waals surface area contributed by atoms with E-state index in [2.05, 4.69) is 93.7 Å². The molecule has 0 bridgehead atoms. The van der Waals surface area contributed by atoms with E-state index in [1.165, 1.54) is 70.6 Å². The van der Waals surface area contributed by atoms with Crippen LogP contribution < -0.4 is 0 Å². The summed E-state index contributed by atoms with van der Waals surface area (Å²) in [5, 5.41) is 0. The van der Waals surface area contributed by atoms with E-state index in [9.17, 15) is 14.4 Å². The molecule has 0 aromatic carbocycles. The Balaban J connectivity index is 4.47. The molecular formula is C52H86O6. The van der Waals surface area contributed by atoms with Crippen LogP contribution in [0.25, 0.3) is 0 Å². The summed E-state index contributed by atoms with van der Waals surface area (Å²) in [6.07, 6.45) is 58.6. The van der Waals surface area contributed by atoms with Gasteiger partial charge < -0.3 is 14.2 Å². The maximum absolute atomic E-state index is 12.7. The summed E-state index contributed by atoms with van der Waals surface area (Å²) in [5.41, 5.74) is 0. The quantitative estimate of drug-likeness (QED) is 0.0265. The van der Waals surface area contributed by atoms with Crippen molar-refractivity contribution in [3.8, 4) is 0 Å². The maximum atomic E-state index is 12.7. The first kappa shape index (κ1) is 54.6. The number of ether oxygens (including phenoxy) is 3. The van der Waals surface area contributed by atoms with Crippen LogP contribution in [0.3, 0.4) is 0 Å². The number of carbonyl (C=O) groups excluding carboxylic acids is 3. The molecule has 0 heterocycles. The third-order valence-corrected chi connectivity index (χ3v) is 9.65. The van der Waals surface area contributed by atoms with Crippen molar-refractivity contribution >= 4 is 17.9 Å². The van der Waals surface area contributed by atoms with E-state index in [1.54, 1.807) is 0 Å². The van der Waals surface area contributed by atoms with Crippen LogP contribution >= 0.6 is 0 Å². The van der Waals surface area contributed by atoms with E-state index in [4.69, 9.17) is 14.2 Å². The third kappa shape index (κ3) is 43.7. The Labute approximate surface area is 356 Å². The second kappa shape index (κ2) is 46.3. The normalized spacial score (nSPS) is 12.8. The minimum atomic E-state index is -0.807. The summed E-state index contributed by atoms with van der Waals surface area (Å²) in [4.78, 5) is 37.7. The van der Waals surface area contributed by atoms with Gasteiger partial charge in [-0.2, -0.15) is 0 Å². The first-order valence-electron chi connectivity index (χ1n) is 23.6. The lowest BCUT2D eigenvalue weighted by molar-refractivity contribution is -0.166. The molecule has 1 unspecified atom stereocenters. The van der Waals surface area contributed by atoms with Crippen LogP contribution in [0, 0.1) is 0 Å². The highest BCUT2D eigenvalue weighted by molar-refractivity contribution is 5.71. The summed E-state index contributed by atoms with van der Waals surface area (Å²) in [7, 11) is 0. The van der Waals surface area contributed by atoms with Gasteiger partial charge in [0.2, 0.25) is 0 Å². The molecular weight excluding hydrogens is 721 g/mol. The molecule has 6 heteroatoms. The second-order valence-electron chi connectivity index (χ2n) is 15.3. The summed E-state index contributed by atoms with van der Waals surface area (Å²) in [5.74, 6) is -1.01. The lowest BCUT2D eigenvalue weighted by Crippen LogP contribution is -2.30. The lowest BCUT2D eigenvalue weighted by atomic mass is 10.1. The zero-order valence-electron chi connectivity index (χ0n) is 37.5. The summed E-state index contributed by atoms with van der Waals surface area (Å²) in [6.45, 7) is 6.38. The predicted octanol–water partition coefficient (Wildman–Crippen LogP) is 15.3. The number of carbonyl (C=O) groups is 3. The van der Waals surface area contributed by atoms with Crippen molar-refractivity contribution in [2.24, 2.45) is 0 Å². The van der Waals surface area contributed by atoms with Gasteiger partial charge >= 0.3 is 17.9 Å². The van der Waals surface area contributed by atoms with E-state index < -0.39 is 6.10 Å². The van der Waals surface area contributed by atoms with E-state index in [0.717, 1.165) is 89.9 Å². The number of esters is 3. The minimum absolute atomic E-state index is 0.103. The van der Waals surface area contributed by atoms with Crippen molar-refractivity contribution in [3.63, 3.8) is 0 Å². The molecule has 0 saturated heterocycles. The standard InChI is InChI=1S/C52H86O6/c1-4-7-10-13-16-19-21-23-24-25-26-27-28-29-31-33-36-39-42-45-51(54)57-48-49(47-56-50(53)44-41-38-35-32-18-15-12-9-6-3)58-52(55)46-43-40-37-34-30-22-20-17-14-11-8-5-2/h7,10,16-17,19-20,23-24,26-27,29,31,36,39,49H,4-6,8-9,11-15,18,21-22,25,28,30,32-35,37-38,40-48H2,1-3H3/b10-7-,19-16-,20-17-,24-23-,27-26-,31-29-,39-36-. The van der Waals surface area contributed by atoms with Crippen molar-refractivity contribution in [3.05, 3.63) is 85.1 Å². The fraction of sp³-hybridized carbons (Fsp3) is 0.673. The highest BCUT2D eigenvalue weighted by Gasteiger charge is 2.19. The van der Waals surface area contributed by atoms with Crippen LogP contribution in [0.1, 0.15) is 207 Å². The molecule has 58 heavy (non-hydrogen) atoms. The highest BCUT2D eigenvalue weighted by atomic mass is 16.6. The van der Waals surface area contributed by atoms with Gasteiger partial charge in [0.15, 0.2) is 6.10 Å². The zero-order valence-corrected chi connectivity index (χ0v) is 37.5. The fourth-order valence-electron chi connectivity index (χ4n) is 6.11. The lowest BCUT2D eigenvalue weighted by Gasteiger charge is -2.18. The largest absolute Gasteiger partial charge is 0.462 e. The highest BCUT2D eigenvalue weighted by Crippen LogP contribution is 2.13. The number of allylic oxidation sites excluding steroid dienone is 14. The molecule has 0 radical (unpaired) electrons. The van der Waals surface area contributed by atoms with Gasteiger partial charge in [0, 0.05) is 19.3 Å². The second-order valence-corrected chi connectivity index (χ2v) is 15.3. The molecule has 0 rings (SSSR count). The van der Waals surface area contributed by atoms with Gasteiger partial charge in [0.1, 0.15) is 13.2 Å². The van der Waals surface area contributed by atoms with Gasteiger partial charge in [0.05, 0.1) is 0 Å². The molecule has 6 nitrogen and oxygen atoms in total. The van der Waals surface area contributed by atoms with Gasteiger partial charge in [-0.25, -0.2) is 0 Å². The summed E-state index contributed by atoms with van der Waals surface area (Å²) in [6, 6.07) is 0. The number of unbranched alkanes of at least 4 members (excludes halogenated alkanes) is 16. The minimum Gasteiger partial charge on any atom is -0.462 e. The molecule has 1 atom stereocenters. The van der Waals surface area contributed by atoms with E-state index in [0.29, 0.717) is 19.3 Å². The predicted molar refractivity (Wildman–Crippen MR) is 247 cm³/mol. The molecule has 0 amide bonds. The monoisotopic (exact) mass is 807 g/mol. The molecule has 0 N–H and O–H groups in total. The average molecular weight is 807 g/mol. The molecule has 0 aromatic heterocycles. The molecule has 0 aliphatic heterocycles. The van der Waals surface area contributed by atoms with Crippen molar-refractivity contribution in [1.82, 2.24) is 0 Å². The van der Waals surface area contributed by atoms with E-state index >= 15 is 0 Å². The summed E-state index contributed by atoms with van der Waals surface area (Å²) < 4.78 is 16.6. The van der Waals surface area contributed by atoms with Crippen LogP contribution in [0.4, 0.5) is 0 Å². The smallest absolute Gasteiger partial charge is 0.306 e. The van der Waals surface area contributed by atoms with Gasteiger partial charge in [-0.3, -0.25) is 14.4 Å². The Bertz CT molecular complexity index is 1160. The number of hydrogen-bond acceptors (Lipinski definition) is 6. The zero-order chi connectivity index (χ0) is 42.3. The molecule has 0 fully saturated rings. The topological polar surface area (TPSA) is 78.9 Å². The molecule has 0 saturated carbocycles. The van der Waals surface area contributed by atoms with E-state index in [1.807, 2.05) is 12.2 Å². The Kier molecular flexibility index (Phi) is 43.6. The first-order chi connectivity index (χ1) is 28.5. The summed E-state index contributed by atoms with van der Waals surface area (Å²) >= 11 is 0. The van der Waals surface area contributed by atoms with Gasteiger partial charge in [-0.1, -0.05) is 189 Å². The Morgan fingerprint density at radius 2 is 0.707 bits per heavy atom. The van der Waals surface area contributed by atoms with Gasteiger partial charge in [-0.15, -0.1) is 0 Å². The SMILES string of the molecule is CC/C=C\C/C=C\C/C=C\C/C=C\C/C=C\C/C=C\CCC(=O)OCC(COC(=O)CCCCCCCCCCC)OC(=O)CCCCCCC/C=C\CCCCC. The van der Waals surface area contributed by atoms with Gasteiger partial charge in [-0.05, 0) is 83.5 Å². The van der Waals surface area contributed by atoms with Crippen molar-refractivity contribution in [2.75, 3.05) is 13.2 Å². The number of rotatable bonds is 41. The Morgan fingerprint density at radius 3 is 1.19 bits per heavy atom. The molecule has 330 valence electrons. The molecule has 0 aliphatic carbocycles. The Hall–Kier alpha value is -3.41. The molecule has 0 aromatic rings. The molecule has 0 aliphatic rings. The average Bonchev–Trinajstić information content (AvgIpc) is 3.22. The Morgan fingerprint density at radius 1 is 0.362 bits per heavy atom. The van der Waals surface area contributed by atoms with Crippen molar-refractivity contribution < 1.29 is 28.6 Å². The third-order valence-electron chi connectivity index (χ3n) is 9.65. The van der Waals surface area contributed by atoms with Crippen LogP contribution in [-0.4, -0.2) is 37.2 Å². The van der Waals surface area contributed by atoms with Crippen LogP contribution in [0.2, 0.25) is 0 Å². The van der Waals surface area contributed by atoms with Crippen molar-refractivity contribution in [1.29, 1.82) is 0 Å². The number of hydrogen-bond donors (Lipinski definition) is 0. The molecule has 0 spiro atoms. The van der Waals surface area contributed by atoms with Crippen LogP contribution in [0.5, 0.6) is 0 Å². The van der Waals surface area contributed by atoms with E-state index in [-0.39, 0.29) is 37.5 Å². The van der Waals surface area contributed by atoms with Crippen molar-refractivity contribution in [2.45, 2.75) is 213 Å².